The molecular formula is C10H18FN. The highest BCUT2D eigenvalue weighted by molar-refractivity contribution is 5.05. The van der Waals surface area contributed by atoms with Gasteiger partial charge in [0, 0.05) is 12.1 Å². The first-order chi connectivity index (χ1) is 5.65. The Balaban J connectivity index is 2.20. The zero-order valence-corrected chi connectivity index (χ0v) is 8.02. The van der Waals surface area contributed by atoms with Crippen LogP contribution in [-0.4, -0.2) is 29.7 Å². The van der Waals surface area contributed by atoms with Gasteiger partial charge in [-0.15, -0.1) is 0 Å². The van der Waals surface area contributed by atoms with Crippen molar-refractivity contribution in [3.63, 3.8) is 0 Å². The number of hydrogen-bond acceptors (Lipinski definition) is 1. The quantitative estimate of drug-likeness (QED) is 0.584. The molecule has 0 aromatic carbocycles. The maximum absolute atomic E-state index is 13.2. The van der Waals surface area contributed by atoms with E-state index in [-0.39, 0.29) is 5.54 Å². The second kappa shape index (κ2) is 2.69. The lowest BCUT2D eigenvalue weighted by Crippen LogP contribution is -2.42. The Bertz CT molecular complexity index is 181. The van der Waals surface area contributed by atoms with Gasteiger partial charge in [0.05, 0.1) is 0 Å². The monoisotopic (exact) mass is 171 g/mol. The van der Waals surface area contributed by atoms with Crippen LogP contribution in [0.1, 0.15) is 33.1 Å². The smallest absolute Gasteiger partial charge is 0.115 e. The highest BCUT2D eigenvalue weighted by Gasteiger charge is 2.50. The average molecular weight is 171 g/mol. The van der Waals surface area contributed by atoms with Crippen LogP contribution in [-0.2, 0) is 0 Å². The Kier molecular flexibility index (Phi) is 1.90. The van der Waals surface area contributed by atoms with Gasteiger partial charge in [-0.1, -0.05) is 13.8 Å². The Morgan fingerprint density at radius 3 is 2.83 bits per heavy atom. The minimum atomic E-state index is -0.562. The summed E-state index contributed by atoms with van der Waals surface area (Å²) in [4.78, 5) is 2.38. The summed E-state index contributed by atoms with van der Waals surface area (Å²) in [5, 5.41) is 0. The number of fused-ring (bicyclic) bond motifs is 1. The van der Waals surface area contributed by atoms with Gasteiger partial charge < -0.3 is 0 Å². The molecule has 0 aromatic rings. The normalized spacial score (nSPS) is 42.5. The molecule has 2 saturated heterocycles. The van der Waals surface area contributed by atoms with Gasteiger partial charge in [-0.3, -0.25) is 4.90 Å². The van der Waals surface area contributed by atoms with Gasteiger partial charge >= 0.3 is 0 Å². The summed E-state index contributed by atoms with van der Waals surface area (Å²) >= 11 is 0. The topological polar surface area (TPSA) is 3.24 Å². The standard InChI is InChI=1S/C10H18FN/c1-8(2)10-4-3-5-12(10)7-9(11)6-10/h8-9H,3-7H2,1-2H3/t9-,10?/m1/s1. The molecule has 1 nitrogen and oxygen atoms in total. The van der Waals surface area contributed by atoms with Crippen molar-refractivity contribution >= 4 is 0 Å². The zero-order valence-electron chi connectivity index (χ0n) is 8.02. The van der Waals surface area contributed by atoms with Crippen molar-refractivity contribution in [2.45, 2.75) is 44.8 Å². The molecule has 0 aliphatic carbocycles. The molecule has 1 unspecified atom stereocenters. The molecule has 0 radical (unpaired) electrons. The van der Waals surface area contributed by atoms with Crippen molar-refractivity contribution in [3.8, 4) is 0 Å². The Hall–Kier alpha value is -0.110. The van der Waals surface area contributed by atoms with Crippen LogP contribution in [0, 0.1) is 5.92 Å². The first-order valence-corrected chi connectivity index (χ1v) is 5.04. The van der Waals surface area contributed by atoms with Crippen molar-refractivity contribution in [2.75, 3.05) is 13.1 Å². The van der Waals surface area contributed by atoms with Crippen LogP contribution < -0.4 is 0 Å². The van der Waals surface area contributed by atoms with Gasteiger partial charge in [0.25, 0.3) is 0 Å². The molecule has 0 saturated carbocycles. The molecule has 2 rings (SSSR count). The van der Waals surface area contributed by atoms with Crippen molar-refractivity contribution in [1.82, 2.24) is 4.90 Å². The van der Waals surface area contributed by atoms with E-state index < -0.39 is 6.17 Å². The fourth-order valence-corrected chi connectivity index (χ4v) is 3.04. The lowest BCUT2D eigenvalue weighted by Gasteiger charge is -2.35. The Morgan fingerprint density at radius 2 is 2.25 bits per heavy atom. The highest BCUT2D eigenvalue weighted by atomic mass is 19.1. The van der Waals surface area contributed by atoms with Crippen LogP contribution in [0.25, 0.3) is 0 Å². The predicted octanol–water partition coefficient (Wildman–Crippen LogP) is 2.22. The third-order valence-corrected chi connectivity index (χ3v) is 3.74. The van der Waals surface area contributed by atoms with Crippen molar-refractivity contribution in [1.29, 1.82) is 0 Å². The van der Waals surface area contributed by atoms with E-state index in [9.17, 15) is 4.39 Å². The van der Waals surface area contributed by atoms with Gasteiger partial charge in [0.15, 0.2) is 0 Å². The minimum absolute atomic E-state index is 0.236. The van der Waals surface area contributed by atoms with Gasteiger partial charge in [0.1, 0.15) is 6.17 Å². The van der Waals surface area contributed by atoms with Crippen molar-refractivity contribution in [2.24, 2.45) is 5.92 Å². The Morgan fingerprint density at radius 1 is 1.50 bits per heavy atom. The van der Waals surface area contributed by atoms with Crippen LogP contribution in [0.5, 0.6) is 0 Å². The molecule has 0 spiro atoms. The summed E-state index contributed by atoms with van der Waals surface area (Å²) in [7, 11) is 0. The number of halogens is 1. The van der Waals surface area contributed by atoms with E-state index in [1.54, 1.807) is 0 Å². The third-order valence-electron chi connectivity index (χ3n) is 3.74. The van der Waals surface area contributed by atoms with E-state index in [2.05, 4.69) is 18.7 Å². The van der Waals surface area contributed by atoms with Gasteiger partial charge in [-0.25, -0.2) is 4.39 Å². The van der Waals surface area contributed by atoms with Crippen molar-refractivity contribution < 1.29 is 4.39 Å². The summed E-state index contributed by atoms with van der Waals surface area (Å²) in [5.74, 6) is 0.612. The average Bonchev–Trinajstić information content (AvgIpc) is 2.42. The van der Waals surface area contributed by atoms with Gasteiger partial charge in [-0.05, 0) is 31.7 Å². The first kappa shape index (κ1) is 8.49. The van der Waals surface area contributed by atoms with Gasteiger partial charge in [0.2, 0.25) is 0 Å². The van der Waals surface area contributed by atoms with Crippen LogP contribution in [0.4, 0.5) is 4.39 Å². The largest absolute Gasteiger partial charge is 0.294 e. The summed E-state index contributed by atoms with van der Waals surface area (Å²) in [6, 6.07) is 0. The molecule has 70 valence electrons. The van der Waals surface area contributed by atoms with E-state index in [0.717, 1.165) is 13.0 Å². The highest BCUT2D eigenvalue weighted by Crippen LogP contribution is 2.44. The molecule has 2 atom stereocenters. The lowest BCUT2D eigenvalue weighted by atomic mass is 9.82. The SMILES string of the molecule is CC(C)C12CCCN1C[C@H](F)C2. The van der Waals surface area contributed by atoms with Crippen LogP contribution in [0.3, 0.4) is 0 Å². The minimum Gasteiger partial charge on any atom is -0.294 e. The second-order valence-electron chi connectivity index (χ2n) is 4.61. The number of hydrogen-bond donors (Lipinski definition) is 0. The van der Waals surface area contributed by atoms with E-state index in [1.807, 2.05) is 0 Å². The predicted molar refractivity (Wildman–Crippen MR) is 47.9 cm³/mol. The second-order valence-corrected chi connectivity index (χ2v) is 4.61. The molecule has 2 aliphatic rings. The maximum atomic E-state index is 13.2. The number of rotatable bonds is 1. The summed E-state index contributed by atoms with van der Waals surface area (Å²) in [5.41, 5.74) is 0.236. The lowest BCUT2D eigenvalue weighted by molar-refractivity contribution is 0.136. The summed E-state index contributed by atoms with van der Waals surface area (Å²) < 4.78 is 13.2. The van der Waals surface area contributed by atoms with Crippen LogP contribution in [0.15, 0.2) is 0 Å². The maximum Gasteiger partial charge on any atom is 0.115 e. The number of nitrogens with zero attached hydrogens (tertiary/aromatic N) is 1. The van der Waals surface area contributed by atoms with Crippen molar-refractivity contribution in [3.05, 3.63) is 0 Å². The van der Waals surface area contributed by atoms with E-state index in [4.69, 9.17) is 0 Å². The number of alkyl halides is 1. The first-order valence-electron chi connectivity index (χ1n) is 5.04. The van der Waals surface area contributed by atoms with E-state index >= 15 is 0 Å². The molecule has 0 amide bonds. The zero-order chi connectivity index (χ0) is 8.77. The fraction of sp³-hybridized carbons (Fsp3) is 1.00. The van der Waals surface area contributed by atoms with Gasteiger partial charge in [-0.2, -0.15) is 0 Å². The molecule has 2 fully saturated rings. The van der Waals surface area contributed by atoms with E-state index in [0.29, 0.717) is 12.5 Å². The van der Waals surface area contributed by atoms with E-state index in [1.165, 1.54) is 12.8 Å². The summed E-state index contributed by atoms with van der Waals surface area (Å²) in [6.07, 6.45) is 2.70. The molecule has 2 aliphatic heterocycles. The summed E-state index contributed by atoms with van der Waals surface area (Å²) in [6.45, 7) is 6.28. The molecule has 0 N–H and O–H groups in total. The molecule has 0 bridgehead atoms. The molecule has 0 aromatic heterocycles. The fourth-order valence-electron chi connectivity index (χ4n) is 3.04. The van der Waals surface area contributed by atoms with Crippen LogP contribution in [0.2, 0.25) is 0 Å². The van der Waals surface area contributed by atoms with Crippen LogP contribution >= 0.6 is 0 Å². The third kappa shape index (κ3) is 1.00. The molecular weight excluding hydrogens is 153 g/mol. The molecule has 12 heavy (non-hydrogen) atoms. The Labute approximate surface area is 73.9 Å². The molecule has 2 heteroatoms. The molecule has 2 heterocycles.